The molecule has 19 heavy (non-hydrogen) atoms. The van der Waals surface area contributed by atoms with Crippen molar-refractivity contribution in [2.24, 2.45) is 11.8 Å². The average Bonchev–Trinajstić information content (AvgIpc) is 3.25. The fourth-order valence-electron chi connectivity index (χ4n) is 3.35. The van der Waals surface area contributed by atoms with E-state index in [0.717, 1.165) is 17.9 Å². The highest BCUT2D eigenvalue weighted by atomic mass is 79.9. The van der Waals surface area contributed by atoms with Crippen LogP contribution in [0.3, 0.4) is 0 Å². The van der Waals surface area contributed by atoms with E-state index in [4.69, 9.17) is 0 Å². The van der Waals surface area contributed by atoms with Crippen molar-refractivity contribution in [1.29, 1.82) is 0 Å². The molecule has 2 fully saturated rings. The van der Waals surface area contributed by atoms with Crippen LogP contribution in [0.4, 0.5) is 0 Å². The van der Waals surface area contributed by atoms with Gasteiger partial charge in [0, 0.05) is 10.5 Å². The van der Waals surface area contributed by atoms with Crippen molar-refractivity contribution in [2.75, 3.05) is 6.54 Å². The number of rotatable bonds is 5. The van der Waals surface area contributed by atoms with Crippen molar-refractivity contribution >= 4 is 15.9 Å². The summed E-state index contributed by atoms with van der Waals surface area (Å²) in [6.45, 7) is 1.26. The van der Waals surface area contributed by atoms with Crippen molar-refractivity contribution in [3.05, 3.63) is 34.3 Å². The molecule has 2 aliphatic carbocycles. The first-order valence-corrected chi connectivity index (χ1v) is 8.58. The van der Waals surface area contributed by atoms with Gasteiger partial charge in [-0.15, -0.1) is 0 Å². The first-order chi connectivity index (χ1) is 9.31. The van der Waals surface area contributed by atoms with E-state index in [1.165, 1.54) is 61.5 Å². The molecule has 104 valence electrons. The number of halogens is 1. The van der Waals surface area contributed by atoms with Gasteiger partial charge in [0.2, 0.25) is 0 Å². The molecule has 3 rings (SSSR count). The summed E-state index contributed by atoms with van der Waals surface area (Å²) < 4.78 is 1.19. The van der Waals surface area contributed by atoms with Crippen LogP contribution < -0.4 is 5.32 Å². The SMILES string of the molecule is Brc1ccc(CC2CCCCC2CNC2CC2)cc1. The lowest BCUT2D eigenvalue weighted by molar-refractivity contribution is 0.228. The molecule has 2 aliphatic rings. The second-order valence-corrected chi connectivity index (χ2v) is 7.23. The minimum atomic E-state index is 0.857. The van der Waals surface area contributed by atoms with E-state index < -0.39 is 0 Å². The van der Waals surface area contributed by atoms with Gasteiger partial charge in [-0.05, 0) is 68.2 Å². The van der Waals surface area contributed by atoms with Crippen LogP contribution in [-0.4, -0.2) is 12.6 Å². The highest BCUT2D eigenvalue weighted by molar-refractivity contribution is 9.10. The number of hydrogen-bond donors (Lipinski definition) is 1. The van der Waals surface area contributed by atoms with Crippen LogP contribution in [0.5, 0.6) is 0 Å². The number of benzene rings is 1. The van der Waals surface area contributed by atoms with Crippen LogP contribution >= 0.6 is 15.9 Å². The molecule has 0 aliphatic heterocycles. The van der Waals surface area contributed by atoms with Crippen LogP contribution in [-0.2, 0) is 6.42 Å². The molecule has 0 heterocycles. The third-order valence-corrected chi connectivity index (χ3v) is 5.25. The molecule has 0 saturated heterocycles. The van der Waals surface area contributed by atoms with E-state index in [1.807, 2.05) is 0 Å². The maximum absolute atomic E-state index is 3.74. The van der Waals surface area contributed by atoms with E-state index in [-0.39, 0.29) is 0 Å². The first-order valence-electron chi connectivity index (χ1n) is 7.79. The molecule has 2 heteroatoms. The van der Waals surface area contributed by atoms with Crippen molar-refractivity contribution < 1.29 is 0 Å². The second-order valence-electron chi connectivity index (χ2n) is 6.32. The molecule has 0 bridgehead atoms. The Kier molecular flexibility index (Phi) is 4.60. The average molecular weight is 322 g/mol. The third-order valence-electron chi connectivity index (χ3n) is 4.72. The Hall–Kier alpha value is -0.340. The van der Waals surface area contributed by atoms with Gasteiger partial charge < -0.3 is 5.32 Å². The smallest absolute Gasteiger partial charge is 0.0175 e. The largest absolute Gasteiger partial charge is 0.314 e. The van der Waals surface area contributed by atoms with Crippen molar-refractivity contribution in [3.63, 3.8) is 0 Å². The fraction of sp³-hybridized carbons (Fsp3) is 0.647. The van der Waals surface area contributed by atoms with Gasteiger partial charge >= 0.3 is 0 Å². The van der Waals surface area contributed by atoms with E-state index in [0.29, 0.717) is 0 Å². The Morgan fingerprint density at radius 1 is 0.947 bits per heavy atom. The van der Waals surface area contributed by atoms with Gasteiger partial charge in [-0.25, -0.2) is 0 Å². The number of hydrogen-bond acceptors (Lipinski definition) is 1. The summed E-state index contributed by atoms with van der Waals surface area (Å²) in [7, 11) is 0. The van der Waals surface area contributed by atoms with Crippen LogP contribution in [0.25, 0.3) is 0 Å². The highest BCUT2D eigenvalue weighted by Crippen LogP contribution is 2.33. The van der Waals surface area contributed by atoms with Gasteiger partial charge in [0.15, 0.2) is 0 Å². The first kappa shape index (κ1) is 13.6. The minimum absolute atomic E-state index is 0.857. The van der Waals surface area contributed by atoms with Gasteiger partial charge in [-0.3, -0.25) is 0 Å². The normalized spacial score (nSPS) is 27.4. The van der Waals surface area contributed by atoms with Crippen LogP contribution in [0.1, 0.15) is 44.1 Å². The standard InChI is InChI=1S/C17H24BrN/c18-16-7-5-13(6-8-16)11-14-3-1-2-4-15(14)12-19-17-9-10-17/h5-8,14-15,17,19H,1-4,9-12H2. The summed E-state index contributed by atoms with van der Waals surface area (Å²) in [6, 6.07) is 9.77. The second kappa shape index (κ2) is 6.41. The third kappa shape index (κ3) is 4.06. The molecule has 2 atom stereocenters. The predicted molar refractivity (Wildman–Crippen MR) is 84.3 cm³/mol. The maximum Gasteiger partial charge on any atom is 0.0175 e. The summed E-state index contributed by atoms with van der Waals surface area (Å²) in [6.07, 6.45) is 9.81. The molecule has 2 unspecified atom stereocenters. The summed E-state index contributed by atoms with van der Waals surface area (Å²) in [5.74, 6) is 1.79. The zero-order valence-electron chi connectivity index (χ0n) is 11.6. The molecular formula is C17H24BrN. The maximum atomic E-state index is 3.74. The lowest BCUT2D eigenvalue weighted by Crippen LogP contribution is -2.32. The van der Waals surface area contributed by atoms with Gasteiger partial charge in [-0.2, -0.15) is 0 Å². The highest BCUT2D eigenvalue weighted by Gasteiger charge is 2.28. The summed E-state index contributed by atoms with van der Waals surface area (Å²) in [5, 5.41) is 3.74. The molecule has 1 aromatic carbocycles. The Morgan fingerprint density at radius 3 is 2.32 bits per heavy atom. The van der Waals surface area contributed by atoms with Gasteiger partial charge in [0.25, 0.3) is 0 Å². The van der Waals surface area contributed by atoms with E-state index in [2.05, 4.69) is 45.5 Å². The van der Waals surface area contributed by atoms with Gasteiger partial charge in [-0.1, -0.05) is 40.9 Å². The zero-order valence-corrected chi connectivity index (χ0v) is 13.2. The molecule has 1 nitrogen and oxygen atoms in total. The minimum Gasteiger partial charge on any atom is -0.314 e. The molecule has 0 amide bonds. The van der Waals surface area contributed by atoms with E-state index in [9.17, 15) is 0 Å². The molecule has 1 N–H and O–H groups in total. The molecule has 2 saturated carbocycles. The van der Waals surface area contributed by atoms with Gasteiger partial charge in [0.05, 0.1) is 0 Å². The Balaban J connectivity index is 1.57. The van der Waals surface area contributed by atoms with Crippen LogP contribution in [0, 0.1) is 11.8 Å². The monoisotopic (exact) mass is 321 g/mol. The van der Waals surface area contributed by atoms with Crippen molar-refractivity contribution in [3.8, 4) is 0 Å². The van der Waals surface area contributed by atoms with Crippen LogP contribution in [0.2, 0.25) is 0 Å². The van der Waals surface area contributed by atoms with Gasteiger partial charge in [0.1, 0.15) is 0 Å². The van der Waals surface area contributed by atoms with Crippen molar-refractivity contribution in [2.45, 2.75) is 51.0 Å². The molecule has 0 aromatic heterocycles. The summed E-state index contributed by atoms with van der Waals surface area (Å²) >= 11 is 3.52. The zero-order chi connectivity index (χ0) is 13.1. The lowest BCUT2D eigenvalue weighted by Gasteiger charge is -2.32. The summed E-state index contributed by atoms with van der Waals surface area (Å²) in [4.78, 5) is 0. The number of nitrogens with one attached hydrogen (secondary N) is 1. The lowest BCUT2D eigenvalue weighted by atomic mass is 9.76. The summed E-state index contributed by atoms with van der Waals surface area (Å²) in [5.41, 5.74) is 1.51. The Morgan fingerprint density at radius 2 is 1.63 bits per heavy atom. The Labute approximate surface area is 125 Å². The molecule has 0 spiro atoms. The molecule has 0 radical (unpaired) electrons. The molecule has 1 aromatic rings. The predicted octanol–water partition coefficient (Wildman–Crippen LogP) is 4.55. The molecular weight excluding hydrogens is 298 g/mol. The van der Waals surface area contributed by atoms with Crippen LogP contribution in [0.15, 0.2) is 28.7 Å². The topological polar surface area (TPSA) is 12.0 Å². The fourth-order valence-corrected chi connectivity index (χ4v) is 3.61. The van der Waals surface area contributed by atoms with Crippen molar-refractivity contribution in [1.82, 2.24) is 5.32 Å². The van der Waals surface area contributed by atoms with E-state index >= 15 is 0 Å². The quantitative estimate of drug-likeness (QED) is 0.838. The Bertz CT molecular complexity index is 396. The van der Waals surface area contributed by atoms with E-state index in [1.54, 1.807) is 0 Å².